The minimum atomic E-state index is 0.340. The zero-order valence-corrected chi connectivity index (χ0v) is 16.7. The van der Waals surface area contributed by atoms with Gasteiger partial charge in [0.1, 0.15) is 23.0 Å². The van der Waals surface area contributed by atoms with E-state index in [2.05, 4.69) is 26.0 Å². The van der Waals surface area contributed by atoms with Crippen LogP contribution in [0.25, 0.3) is 0 Å². The maximum absolute atomic E-state index is 5.61. The summed E-state index contributed by atoms with van der Waals surface area (Å²) in [7, 11) is 6.75. The Hall–Kier alpha value is -2.36. The Morgan fingerprint density at radius 1 is 0.731 bits per heavy atom. The van der Waals surface area contributed by atoms with Gasteiger partial charge in [0.15, 0.2) is 0 Å². The van der Waals surface area contributed by atoms with Crippen LogP contribution in [0.15, 0.2) is 36.4 Å². The molecule has 26 heavy (non-hydrogen) atoms. The van der Waals surface area contributed by atoms with Crippen LogP contribution in [0, 0.1) is 0 Å². The van der Waals surface area contributed by atoms with Crippen LogP contribution in [0.4, 0.5) is 0 Å². The van der Waals surface area contributed by atoms with Crippen LogP contribution in [0.3, 0.4) is 0 Å². The van der Waals surface area contributed by atoms with E-state index in [-0.39, 0.29) is 0 Å². The lowest BCUT2D eigenvalue weighted by atomic mass is 9.84. The Morgan fingerprint density at radius 2 is 1.23 bits per heavy atom. The lowest BCUT2D eigenvalue weighted by Crippen LogP contribution is -2.07. The lowest BCUT2D eigenvalue weighted by Gasteiger charge is -2.24. The summed E-state index contributed by atoms with van der Waals surface area (Å²) >= 11 is 0. The number of ether oxygens (including phenoxy) is 4. The van der Waals surface area contributed by atoms with Crippen LogP contribution in [-0.4, -0.2) is 28.4 Å². The van der Waals surface area contributed by atoms with Gasteiger partial charge in [-0.15, -0.1) is 0 Å². The fourth-order valence-corrected chi connectivity index (χ4v) is 3.45. The summed E-state index contributed by atoms with van der Waals surface area (Å²) in [6.07, 6.45) is 2.04. The van der Waals surface area contributed by atoms with Crippen LogP contribution in [0.5, 0.6) is 23.0 Å². The molecule has 2 rings (SSSR count). The van der Waals surface area contributed by atoms with E-state index in [1.54, 1.807) is 28.4 Å². The molecule has 0 bridgehead atoms. The third-order valence-electron chi connectivity index (χ3n) is 4.98. The molecule has 0 unspecified atom stereocenters. The maximum atomic E-state index is 5.61. The second-order valence-electron chi connectivity index (χ2n) is 6.46. The standard InChI is InChI=1S/C22H30O4/c1-7-16(20-11-9-18(24-4)14-22(20)26-6)12-15(2)19-10-8-17(23-3)13-21(19)25-5/h8-11,13-16H,7,12H2,1-6H3/t15-,16-/m0/s1. The van der Waals surface area contributed by atoms with Crippen molar-refractivity contribution in [3.8, 4) is 23.0 Å². The summed E-state index contributed by atoms with van der Waals surface area (Å²) in [5.41, 5.74) is 2.41. The van der Waals surface area contributed by atoms with E-state index < -0.39 is 0 Å². The van der Waals surface area contributed by atoms with Crippen LogP contribution in [0.2, 0.25) is 0 Å². The highest BCUT2D eigenvalue weighted by Gasteiger charge is 2.21. The van der Waals surface area contributed by atoms with Crippen molar-refractivity contribution in [1.82, 2.24) is 0 Å². The number of hydrogen-bond acceptors (Lipinski definition) is 4. The van der Waals surface area contributed by atoms with E-state index in [9.17, 15) is 0 Å². The molecule has 4 heteroatoms. The van der Waals surface area contributed by atoms with Crippen molar-refractivity contribution in [3.05, 3.63) is 47.5 Å². The average molecular weight is 358 g/mol. The molecule has 2 aromatic carbocycles. The molecule has 0 aliphatic rings. The van der Waals surface area contributed by atoms with Gasteiger partial charge in [0.05, 0.1) is 28.4 Å². The van der Waals surface area contributed by atoms with Crippen molar-refractivity contribution < 1.29 is 18.9 Å². The fourth-order valence-electron chi connectivity index (χ4n) is 3.45. The first-order chi connectivity index (χ1) is 12.6. The van der Waals surface area contributed by atoms with Crippen LogP contribution in [-0.2, 0) is 0 Å². The zero-order chi connectivity index (χ0) is 19.1. The van der Waals surface area contributed by atoms with Gasteiger partial charge in [0, 0.05) is 12.1 Å². The van der Waals surface area contributed by atoms with E-state index in [1.807, 2.05) is 24.3 Å². The molecule has 2 atom stereocenters. The molecule has 0 aliphatic heterocycles. The van der Waals surface area contributed by atoms with E-state index >= 15 is 0 Å². The molecule has 0 saturated carbocycles. The third-order valence-corrected chi connectivity index (χ3v) is 4.98. The van der Waals surface area contributed by atoms with Crippen molar-refractivity contribution in [1.29, 1.82) is 0 Å². The van der Waals surface area contributed by atoms with E-state index in [0.717, 1.165) is 35.8 Å². The molecule has 0 amide bonds. The fraction of sp³-hybridized carbons (Fsp3) is 0.455. The molecule has 0 saturated heterocycles. The molecule has 0 heterocycles. The van der Waals surface area contributed by atoms with Gasteiger partial charge in [-0.3, -0.25) is 0 Å². The quantitative estimate of drug-likeness (QED) is 0.601. The first-order valence-electron chi connectivity index (χ1n) is 9.01. The minimum Gasteiger partial charge on any atom is -0.497 e. The molecule has 2 aromatic rings. The van der Waals surface area contributed by atoms with Crippen molar-refractivity contribution in [2.75, 3.05) is 28.4 Å². The molecule has 0 N–H and O–H groups in total. The topological polar surface area (TPSA) is 36.9 Å². The molecule has 0 spiro atoms. The summed E-state index contributed by atoms with van der Waals surface area (Å²) < 4.78 is 21.8. The molecule has 0 aliphatic carbocycles. The molecule has 142 valence electrons. The number of benzene rings is 2. The SMILES string of the molecule is CC[C@@H](C[C@H](C)c1ccc(OC)cc1OC)c1ccc(OC)cc1OC. The highest BCUT2D eigenvalue weighted by atomic mass is 16.5. The summed E-state index contributed by atoms with van der Waals surface area (Å²) in [6.45, 7) is 4.45. The van der Waals surface area contributed by atoms with Gasteiger partial charge >= 0.3 is 0 Å². The van der Waals surface area contributed by atoms with E-state index in [0.29, 0.717) is 11.8 Å². The molecule has 0 fully saturated rings. The average Bonchev–Trinajstić information content (AvgIpc) is 2.70. The van der Waals surface area contributed by atoms with Gasteiger partial charge in [0.2, 0.25) is 0 Å². The third kappa shape index (κ3) is 4.43. The molecular formula is C22H30O4. The molecule has 0 aromatic heterocycles. The zero-order valence-electron chi connectivity index (χ0n) is 16.7. The summed E-state index contributed by atoms with van der Waals surface area (Å²) in [6, 6.07) is 12.1. The number of hydrogen-bond donors (Lipinski definition) is 0. The number of rotatable bonds is 9. The first kappa shape index (κ1) is 20.0. The summed E-state index contributed by atoms with van der Waals surface area (Å²) in [4.78, 5) is 0. The van der Waals surface area contributed by atoms with Gasteiger partial charge < -0.3 is 18.9 Å². The van der Waals surface area contributed by atoms with Crippen LogP contribution in [0.1, 0.15) is 49.7 Å². The van der Waals surface area contributed by atoms with Crippen LogP contribution >= 0.6 is 0 Å². The Bertz CT molecular complexity index is 711. The maximum Gasteiger partial charge on any atom is 0.126 e. The molecule has 0 radical (unpaired) electrons. The van der Waals surface area contributed by atoms with Gasteiger partial charge in [-0.1, -0.05) is 26.0 Å². The van der Waals surface area contributed by atoms with Gasteiger partial charge in [-0.25, -0.2) is 0 Å². The Kier molecular flexibility index (Phi) is 7.19. The number of methoxy groups -OCH3 is 4. The van der Waals surface area contributed by atoms with Gasteiger partial charge in [0.25, 0.3) is 0 Å². The van der Waals surface area contributed by atoms with E-state index in [1.165, 1.54) is 11.1 Å². The van der Waals surface area contributed by atoms with Crippen molar-refractivity contribution in [2.45, 2.75) is 38.5 Å². The lowest BCUT2D eigenvalue weighted by molar-refractivity contribution is 0.380. The second kappa shape index (κ2) is 9.37. The Labute approximate surface area is 157 Å². The van der Waals surface area contributed by atoms with Crippen molar-refractivity contribution in [2.24, 2.45) is 0 Å². The summed E-state index contributed by atoms with van der Waals surface area (Å²) in [5.74, 6) is 4.09. The highest BCUT2D eigenvalue weighted by molar-refractivity contribution is 5.45. The smallest absolute Gasteiger partial charge is 0.126 e. The largest absolute Gasteiger partial charge is 0.497 e. The Morgan fingerprint density at radius 3 is 1.69 bits per heavy atom. The van der Waals surface area contributed by atoms with E-state index in [4.69, 9.17) is 18.9 Å². The normalized spacial score (nSPS) is 13.0. The van der Waals surface area contributed by atoms with Crippen molar-refractivity contribution in [3.63, 3.8) is 0 Å². The van der Waals surface area contributed by atoms with Gasteiger partial charge in [-0.05, 0) is 47.9 Å². The molecule has 4 nitrogen and oxygen atoms in total. The molecular weight excluding hydrogens is 328 g/mol. The minimum absolute atomic E-state index is 0.340. The Balaban J connectivity index is 2.27. The predicted molar refractivity (Wildman–Crippen MR) is 105 cm³/mol. The summed E-state index contributed by atoms with van der Waals surface area (Å²) in [5, 5.41) is 0. The highest BCUT2D eigenvalue weighted by Crippen LogP contribution is 2.40. The first-order valence-corrected chi connectivity index (χ1v) is 9.01. The van der Waals surface area contributed by atoms with Crippen LogP contribution < -0.4 is 18.9 Å². The predicted octanol–water partition coefficient (Wildman–Crippen LogP) is 5.41. The monoisotopic (exact) mass is 358 g/mol. The second-order valence-corrected chi connectivity index (χ2v) is 6.46. The van der Waals surface area contributed by atoms with Crippen molar-refractivity contribution >= 4 is 0 Å². The van der Waals surface area contributed by atoms with Gasteiger partial charge in [-0.2, -0.15) is 0 Å².